The number of para-hydroxylation sites is 1. The molecule has 1 aromatic rings. The Morgan fingerprint density at radius 1 is 1.21 bits per heavy atom. The van der Waals surface area contributed by atoms with Gasteiger partial charge in [0, 0.05) is 18.0 Å². The van der Waals surface area contributed by atoms with E-state index in [0.29, 0.717) is 30.3 Å². The van der Waals surface area contributed by atoms with Gasteiger partial charge in [0.25, 0.3) is 0 Å². The first-order valence-electron chi connectivity index (χ1n) is 5.68. The minimum absolute atomic E-state index is 0. The zero-order valence-electron chi connectivity index (χ0n) is 10.1. The number of nitrogens with two attached hydrogens (primary N) is 1. The highest BCUT2D eigenvalue weighted by atomic mass is 35.5. The Labute approximate surface area is 115 Å². The summed E-state index contributed by atoms with van der Waals surface area (Å²) in [5.74, 6) is 1.01. The molecule has 1 heterocycles. The smallest absolute Gasteiger partial charge is 0.389 e. The molecule has 1 aliphatic rings. The van der Waals surface area contributed by atoms with Crippen LogP contribution in [0.3, 0.4) is 0 Å². The average molecular weight is 298 g/mol. The van der Waals surface area contributed by atoms with Crippen LogP contribution >= 0.6 is 12.4 Å². The number of hydrogen-bond acceptors (Lipinski definition) is 3. The largest absolute Gasteiger partial charge is 0.486 e. The highest BCUT2D eigenvalue weighted by Gasteiger charge is 2.29. The second-order valence-corrected chi connectivity index (χ2v) is 4.13. The summed E-state index contributed by atoms with van der Waals surface area (Å²) in [4.78, 5) is 0. The van der Waals surface area contributed by atoms with E-state index in [1.807, 2.05) is 0 Å². The van der Waals surface area contributed by atoms with E-state index >= 15 is 0 Å². The number of fused-ring (bicyclic) bond motifs is 1. The molecule has 0 saturated heterocycles. The maximum Gasteiger partial charge on any atom is 0.389 e. The van der Waals surface area contributed by atoms with Crippen molar-refractivity contribution in [2.75, 3.05) is 13.2 Å². The molecule has 0 unspecified atom stereocenters. The van der Waals surface area contributed by atoms with Crippen molar-refractivity contribution in [3.63, 3.8) is 0 Å². The van der Waals surface area contributed by atoms with Crippen LogP contribution in [0.5, 0.6) is 11.5 Å². The first-order valence-corrected chi connectivity index (χ1v) is 5.68. The maximum atomic E-state index is 12.2. The van der Waals surface area contributed by atoms with Gasteiger partial charge in [-0.25, -0.2) is 0 Å². The highest BCUT2D eigenvalue weighted by Crippen LogP contribution is 2.38. The van der Waals surface area contributed by atoms with Crippen LogP contribution in [-0.2, 0) is 0 Å². The van der Waals surface area contributed by atoms with Crippen molar-refractivity contribution in [2.24, 2.45) is 5.73 Å². The molecular formula is C12H15ClF3NO2. The van der Waals surface area contributed by atoms with Gasteiger partial charge in [0.1, 0.15) is 13.2 Å². The number of benzene rings is 1. The van der Waals surface area contributed by atoms with Crippen LogP contribution < -0.4 is 15.2 Å². The fourth-order valence-electron chi connectivity index (χ4n) is 1.86. The Morgan fingerprint density at radius 2 is 1.89 bits per heavy atom. The monoisotopic (exact) mass is 297 g/mol. The van der Waals surface area contributed by atoms with Gasteiger partial charge in [0.05, 0.1) is 0 Å². The van der Waals surface area contributed by atoms with Gasteiger partial charge in [-0.3, -0.25) is 0 Å². The SMILES string of the molecule is Cl.N[C@H](CCC(F)(F)F)c1cccc2c1OCCO2. The second kappa shape index (κ2) is 6.34. The molecular weight excluding hydrogens is 283 g/mol. The molecule has 108 valence electrons. The van der Waals surface area contributed by atoms with Crippen molar-refractivity contribution in [1.82, 2.24) is 0 Å². The van der Waals surface area contributed by atoms with E-state index in [1.54, 1.807) is 18.2 Å². The molecule has 1 aliphatic heterocycles. The normalized spacial score (nSPS) is 15.6. The van der Waals surface area contributed by atoms with Gasteiger partial charge in [-0.1, -0.05) is 12.1 Å². The van der Waals surface area contributed by atoms with Crippen LogP contribution in [0.1, 0.15) is 24.4 Å². The van der Waals surface area contributed by atoms with Crippen molar-refractivity contribution in [1.29, 1.82) is 0 Å². The van der Waals surface area contributed by atoms with E-state index in [9.17, 15) is 13.2 Å². The molecule has 0 radical (unpaired) electrons. The Morgan fingerprint density at radius 3 is 2.58 bits per heavy atom. The van der Waals surface area contributed by atoms with Crippen molar-refractivity contribution in [3.8, 4) is 11.5 Å². The van der Waals surface area contributed by atoms with Gasteiger partial charge in [-0.2, -0.15) is 13.2 Å². The van der Waals surface area contributed by atoms with Crippen LogP contribution in [0, 0.1) is 0 Å². The van der Waals surface area contributed by atoms with Crippen molar-refractivity contribution in [3.05, 3.63) is 23.8 Å². The van der Waals surface area contributed by atoms with Gasteiger partial charge in [0.2, 0.25) is 0 Å². The first kappa shape index (κ1) is 15.9. The fourth-order valence-corrected chi connectivity index (χ4v) is 1.86. The van der Waals surface area contributed by atoms with Crippen molar-refractivity contribution in [2.45, 2.75) is 25.1 Å². The molecule has 3 nitrogen and oxygen atoms in total. The summed E-state index contributed by atoms with van der Waals surface area (Å²) in [5, 5.41) is 0. The molecule has 2 rings (SSSR count). The predicted molar refractivity (Wildman–Crippen MR) is 66.9 cm³/mol. The van der Waals surface area contributed by atoms with Crippen molar-refractivity contribution < 1.29 is 22.6 Å². The lowest BCUT2D eigenvalue weighted by Crippen LogP contribution is -2.20. The maximum absolute atomic E-state index is 12.2. The summed E-state index contributed by atoms with van der Waals surface area (Å²) in [7, 11) is 0. The van der Waals surface area contributed by atoms with Crippen LogP contribution in [0.2, 0.25) is 0 Å². The molecule has 2 N–H and O–H groups in total. The quantitative estimate of drug-likeness (QED) is 0.931. The van der Waals surface area contributed by atoms with Crippen LogP contribution in [-0.4, -0.2) is 19.4 Å². The third-order valence-corrected chi connectivity index (χ3v) is 2.73. The van der Waals surface area contributed by atoms with Gasteiger partial charge in [-0.15, -0.1) is 12.4 Å². The van der Waals surface area contributed by atoms with E-state index in [2.05, 4.69) is 0 Å². The summed E-state index contributed by atoms with van der Waals surface area (Å²) in [6.07, 6.45) is -5.26. The van der Waals surface area contributed by atoms with E-state index in [0.717, 1.165) is 0 Å². The third kappa shape index (κ3) is 4.18. The number of halogens is 4. The average Bonchev–Trinajstić information content (AvgIpc) is 2.34. The lowest BCUT2D eigenvalue weighted by atomic mass is 10.0. The van der Waals surface area contributed by atoms with Crippen LogP contribution in [0.15, 0.2) is 18.2 Å². The summed E-state index contributed by atoms with van der Waals surface area (Å²) in [6.45, 7) is 0.824. The summed E-state index contributed by atoms with van der Waals surface area (Å²) < 4.78 is 47.3. The van der Waals surface area contributed by atoms with Crippen LogP contribution in [0.25, 0.3) is 0 Å². The van der Waals surface area contributed by atoms with Gasteiger partial charge in [0.15, 0.2) is 11.5 Å². The number of alkyl halides is 3. The van der Waals surface area contributed by atoms with E-state index < -0.39 is 18.6 Å². The summed E-state index contributed by atoms with van der Waals surface area (Å²) in [6, 6.07) is 4.39. The topological polar surface area (TPSA) is 44.5 Å². The molecule has 1 aromatic carbocycles. The molecule has 0 aromatic heterocycles. The predicted octanol–water partition coefficient (Wildman–Crippen LogP) is 3.22. The van der Waals surface area contributed by atoms with Gasteiger partial charge >= 0.3 is 6.18 Å². The molecule has 0 fully saturated rings. The first-order chi connectivity index (χ1) is 8.47. The van der Waals surface area contributed by atoms with Crippen molar-refractivity contribution >= 4 is 12.4 Å². The fraction of sp³-hybridized carbons (Fsp3) is 0.500. The van der Waals surface area contributed by atoms with E-state index in [1.165, 1.54) is 0 Å². The third-order valence-electron chi connectivity index (χ3n) is 2.73. The number of rotatable bonds is 3. The van der Waals surface area contributed by atoms with E-state index in [4.69, 9.17) is 15.2 Å². The molecule has 1 atom stereocenters. The lowest BCUT2D eigenvalue weighted by Gasteiger charge is -2.23. The zero-order chi connectivity index (χ0) is 13.2. The Kier molecular flexibility index (Phi) is 5.31. The minimum atomic E-state index is -4.19. The highest BCUT2D eigenvalue weighted by molar-refractivity contribution is 5.85. The zero-order valence-corrected chi connectivity index (χ0v) is 10.9. The van der Waals surface area contributed by atoms with Gasteiger partial charge in [-0.05, 0) is 12.5 Å². The molecule has 0 saturated carbocycles. The molecule has 0 spiro atoms. The van der Waals surface area contributed by atoms with Crippen LogP contribution in [0.4, 0.5) is 13.2 Å². The standard InChI is InChI=1S/C12H14F3NO2.ClH/c13-12(14,15)5-4-9(16)8-2-1-3-10-11(8)18-7-6-17-10;/h1-3,9H,4-7,16H2;1H/t9-;/m1./s1. The molecule has 0 aliphatic carbocycles. The molecule has 19 heavy (non-hydrogen) atoms. The second-order valence-electron chi connectivity index (χ2n) is 4.13. The Hall–Kier alpha value is -1.14. The minimum Gasteiger partial charge on any atom is -0.486 e. The molecule has 7 heteroatoms. The summed E-state index contributed by atoms with van der Waals surface area (Å²) in [5.41, 5.74) is 6.36. The lowest BCUT2D eigenvalue weighted by molar-refractivity contribution is -0.136. The Bertz CT molecular complexity index is 426. The molecule has 0 amide bonds. The number of ether oxygens (including phenoxy) is 2. The number of hydrogen-bond donors (Lipinski definition) is 1. The Balaban J connectivity index is 0.00000180. The molecule has 0 bridgehead atoms. The van der Waals surface area contributed by atoms with Gasteiger partial charge < -0.3 is 15.2 Å². The summed E-state index contributed by atoms with van der Waals surface area (Å²) >= 11 is 0. The van der Waals surface area contributed by atoms with E-state index in [-0.39, 0.29) is 18.8 Å².